The number of piperazine rings is 1. The molecule has 0 aromatic carbocycles. The number of halogens is 1. The molecule has 1 saturated heterocycles. The molecule has 0 spiro atoms. The van der Waals surface area contributed by atoms with Crippen LogP contribution in [0.15, 0.2) is 22.9 Å². The van der Waals surface area contributed by atoms with Crippen molar-refractivity contribution < 1.29 is 1.37 Å². The highest BCUT2D eigenvalue weighted by molar-refractivity contribution is 9.10. The van der Waals surface area contributed by atoms with Gasteiger partial charge in [-0.15, -0.1) is 0 Å². The molecular weight excluding hydrogens is 270 g/mol. The highest BCUT2D eigenvalue weighted by Crippen LogP contribution is 2.19. The second-order valence-corrected chi connectivity index (χ2v) is 4.56. The summed E-state index contributed by atoms with van der Waals surface area (Å²) in [4.78, 5) is 6.66. The van der Waals surface area contributed by atoms with Gasteiger partial charge in [-0.25, -0.2) is 9.50 Å². The number of fused-ring (bicyclic) bond motifs is 1. The number of rotatable bonds is 1. The van der Waals surface area contributed by atoms with Crippen LogP contribution in [0.2, 0.25) is 0 Å². The molecule has 84 valence electrons. The van der Waals surface area contributed by atoms with E-state index in [1.165, 1.54) is 0 Å². The molecule has 1 aliphatic heterocycles. The smallest absolute Gasteiger partial charge is 0.171 e. The number of nitrogens with one attached hydrogen (secondary N) is 1. The highest BCUT2D eigenvalue weighted by Gasteiger charge is 2.12. The first-order valence-electron chi connectivity index (χ1n) is 5.72. The maximum absolute atomic E-state index is 8.00. The minimum atomic E-state index is 0.412. The number of hydrogen-bond donors (Lipinski definition) is 1. The third-order valence-corrected chi connectivity index (χ3v) is 3.23. The van der Waals surface area contributed by atoms with E-state index in [0.717, 1.165) is 42.1 Å². The van der Waals surface area contributed by atoms with E-state index < -0.39 is 0 Å². The Kier molecular flexibility index (Phi) is 2.25. The molecule has 0 amide bonds. The Bertz CT molecular complexity index is 549. The van der Waals surface area contributed by atoms with Crippen LogP contribution < -0.4 is 10.2 Å². The molecular formula is C10H12BrN5. The Balaban J connectivity index is 2.07. The van der Waals surface area contributed by atoms with Gasteiger partial charge in [0, 0.05) is 32.4 Å². The van der Waals surface area contributed by atoms with Gasteiger partial charge in [-0.1, -0.05) is 0 Å². The summed E-state index contributed by atoms with van der Waals surface area (Å²) in [6, 6.07) is 0.412. The second-order valence-electron chi connectivity index (χ2n) is 3.71. The highest BCUT2D eigenvalue weighted by atomic mass is 79.9. The summed E-state index contributed by atoms with van der Waals surface area (Å²) in [5.41, 5.74) is 0.759. The zero-order valence-corrected chi connectivity index (χ0v) is 10.2. The topological polar surface area (TPSA) is 45.5 Å². The second kappa shape index (κ2) is 4.03. The van der Waals surface area contributed by atoms with Crippen LogP contribution >= 0.6 is 15.9 Å². The van der Waals surface area contributed by atoms with Crippen molar-refractivity contribution in [2.24, 2.45) is 0 Å². The average molecular weight is 283 g/mol. The predicted octanol–water partition coefficient (Wildman–Crippen LogP) is 0.901. The Labute approximate surface area is 103 Å². The molecule has 0 atom stereocenters. The zero-order valence-electron chi connectivity index (χ0n) is 9.65. The number of hydrogen-bond acceptors (Lipinski definition) is 4. The van der Waals surface area contributed by atoms with Crippen molar-refractivity contribution >= 4 is 27.4 Å². The van der Waals surface area contributed by atoms with Gasteiger partial charge in [0.2, 0.25) is 0 Å². The molecule has 16 heavy (non-hydrogen) atoms. The molecule has 0 unspecified atom stereocenters. The maximum Gasteiger partial charge on any atom is 0.171 e. The van der Waals surface area contributed by atoms with E-state index in [4.69, 9.17) is 1.37 Å². The van der Waals surface area contributed by atoms with E-state index in [1.807, 2.05) is 0 Å². The molecule has 1 fully saturated rings. The van der Waals surface area contributed by atoms with Crippen LogP contribution in [-0.2, 0) is 0 Å². The SMILES string of the molecule is [2H]c1cn2ncc(Br)c2nc1N1CCNCC1. The molecule has 1 N–H and O–H groups in total. The fourth-order valence-electron chi connectivity index (χ4n) is 1.82. The van der Waals surface area contributed by atoms with Crippen molar-refractivity contribution in [3.63, 3.8) is 0 Å². The minimum absolute atomic E-state index is 0.412. The summed E-state index contributed by atoms with van der Waals surface area (Å²) in [7, 11) is 0. The van der Waals surface area contributed by atoms with Gasteiger partial charge in [0.15, 0.2) is 5.65 Å². The monoisotopic (exact) mass is 282 g/mol. The summed E-state index contributed by atoms with van der Waals surface area (Å²) in [6.07, 6.45) is 3.40. The van der Waals surface area contributed by atoms with Gasteiger partial charge in [0.1, 0.15) is 5.82 Å². The molecule has 3 heterocycles. The van der Waals surface area contributed by atoms with Gasteiger partial charge < -0.3 is 10.2 Å². The van der Waals surface area contributed by atoms with Gasteiger partial charge in [-0.3, -0.25) is 0 Å². The zero-order chi connectivity index (χ0) is 11.8. The number of anilines is 1. The van der Waals surface area contributed by atoms with Crippen LogP contribution in [0, 0.1) is 0 Å². The summed E-state index contributed by atoms with van der Waals surface area (Å²) in [6.45, 7) is 3.65. The van der Waals surface area contributed by atoms with Crippen LogP contribution in [0.1, 0.15) is 1.37 Å². The van der Waals surface area contributed by atoms with Crippen LogP contribution in [-0.4, -0.2) is 40.8 Å². The third-order valence-electron chi connectivity index (χ3n) is 2.67. The number of aromatic nitrogens is 3. The lowest BCUT2D eigenvalue weighted by Crippen LogP contribution is -2.43. The van der Waals surface area contributed by atoms with E-state index in [2.05, 4.69) is 36.2 Å². The Morgan fingerprint density at radius 1 is 1.44 bits per heavy atom. The first-order chi connectivity index (χ1) is 8.25. The van der Waals surface area contributed by atoms with E-state index in [0.29, 0.717) is 6.04 Å². The molecule has 2 aromatic heterocycles. The van der Waals surface area contributed by atoms with E-state index in [1.54, 1.807) is 16.9 Å². The standard InChI is InChI=1S/C10H12BrN5/c11-8-7-13-16-4-1-9(14-10(8)16)15-5-2-12-3-6-15/h1,4,7,12H,2-3,5-6H2/i1D. The van der Waals surface area contributed by atoms with Crippen molar-refractivity contribution in [2.45, 2.75) is 0 Å². The molecule has 5 nitrogen and oxygen atoms in total. The predicted molar refractivity (Wildman–Crippen MR) is 65.8 cm³/mol. The van der Waals surface area contributed by atoms with Crippen molar-refractivity contribution in [3.8, 4) is 0 Å². The van der Waals surface area contributed by atoms with Crippen LogP contribution in [0.3, 0.4) is 0 Å². The first kappa shape index (κ1) is 8.95. The first-order valence-corrected chi connectivity index (χ1v) is 6.01. The maximum atomic E-state index is 8.00. The summed E-state index contributed by atoms with van der Waals surface area (Å²) >= 11 is 3.41. The van der Waals surface area contributed by atoms with Crippen LogP contribution in [0.4, 0.5) is 5.82 Å². The Morgan fingerprint density at radius 3 is 3.06 bits per heavy atom. The van der Waals surface area contributed by atoms with Crippen molar-refractivity contribution in [1.29, 1.82) is 0 Å². The molecule has 2 aromatic rings. The van der Waals surface area contributed by atoms with E-state index in [9.17, 15) is 0 Å². The van der Waals surface area contributed by atoms with Crippen LogP contribution in [0.5, 0.6) is 0 Å². The van der Waals surface area contributed by atoms with Crippen molar-refractivity contribution in [3.05, 3.63) is 22.9 Å². The summed E-state index contributed by atoms with van der Waals surface area (Å²) < 4.78 is 10.5. The molecule has 1 aliphatic rings. The fraction of sp³-hybridized carbons (Fsp3) is 0.400. The van der Waals surface area contributed by atoms with Gasteiger partial charge in [-0.05, 0) is 22.0 Å². The largest absolute Gasteiger partial charge is 0.354 e. The molecule has 0 aliphatic carbocycles. The van der Waals surface area contributed by atoms with Crippen molar-refractivity contribution in [2.75, 3.05) is 31.1 Å². The van der Waals surface area contributed by atoms with Crippen LogP contribution in [0.25, 0.3) is 5.65 Å². The lowest BCUT2D eigenvalue weighted by Gasteiger charge is -2.28. The molecule has 3 rings (SSSR count). The fourth-order valence-corrected chi connectivity index (χ4v) is 2.19. The Morgan fingerprint density at radius 2 is 2.25 bits per heavy atom. The van der Waals surface area contributed by atoms with E-state index in [-0.39, 0.29) is 0 Å². The van der Waals surface area contributed by atoms with Gasteiger partial charge in [0.05, 0.1) is 12.0 Å². The molecule has 6 heteroatoms. The third kappa shape index (κ3) is 1.68. The molecule has 0 bridgehead atoms. The summed E-state index contributed by atoms with van der Waals surface area (Å²) in [5.74, 6) is 0.736. The Hall–Kier alpha value is -1.14. The van der Waals surface area contributed by atoms with Gasteiger partial charge >= 0.3 is 0 Å². The summed E-state index contributed by atoms with van der Waals surface area (Å²) in [5, 5.41) is 7.41. The van der Waals surface area contributed by atoms with Crippen molar-refractivity contribution in [1.82, 2.24) is 19.9 Å². The normalized spacial score (nSPS) is 17.8. The quantitative estimate of drug-likeness (QED) is 0.844. The van der Waals surface area contributed by atoms with Gasteiger partial charge in [-0.2, -0.15) is 5.10 Å². The van der Waals surface area contributed by atoms with Gasteiger partial charge in [0.25, 0.3) is 0 Å². The lowest BCUT2D eigenvalue weighted by atomic mass is 10.3. The molecule has 0 saturated carbocycles. The molecule has 0 radical (unpaired) electrons. The number of nitrogens with zero attached hydrogens (tertiary/aromatic N) is 4. The minimum Gasteiger partial charge on any atom is -0.354 e. The van der Waals surface area contributed by atoms with E-state index >= 15 is 0 Å². The lowest BCUT2D eigenvalue weighted by molar-refractivity contribution is 0.585. The average Bonchev–Trinajstić information content (AvgIpc) is 2.70.